The van der Waals surface area contributed by atoms with Crippen molar-refractivity contribution in [3.63, 3.8) is 0 Å². The molecular formula is C8H16N2O2S. The summed E-state index contributed by atoms with van der Waals surface area (Å²) in [5.41, 5.74) is 5.31. The maximum Gasteiger partial charge on any atom is 0.245 e. The lowest BCUT2D eigenvalue weighted by molar-refractivity contribution is -0.124. The van der Waals surface area contributed by atoms with Crippen molar-refractivity contribution >= 4 is 23.1 Å². The Morgan fingerprint density at radius 3 is 2.77 bits per heavy atom. The Hall–Kier alpha value is -0.680. The highest BCUT2D eigenvalue weighted by Crippen LogP contribution is 1.93. The van der Waals surface area contributed by atoms with Crippen LogP contribution >= 0.6 is 12.2 Å². The first-order valence-corrected chi connectivity index (χ1v) is 4.61. The first-order chi connectivity index (χ1) is 6.16. The normalized spacial score (nSPS) is 9.62. The largest absolute Gasteiger partial charge is 0.393 e. The molecule has 0 fully saturated rings. The maximum atomic E-state index is 10.9. The molecule has 0 aliphatic rings. The van der Waals surface area contributed by atoms with Gasteiger partial charge >= 0.3 is 0 Å². The molecule has 0 aromatic rings. The summed E-state index contributed by atoms with van der Waals surface area (Å²) < 4.78 is 4.65. The van der Waals surface area contributed by atoms with Gasteiger partial charge in [0.1, 0.15) is 6.61 Å². The van der Waals surface area contributed by atoms with Crippen LogP contribution in [0.4, 0.5) is 0 Å². The van der Waals surface area contributed by atoms with E-state index in [1.165, 1.54) is 7.11 Å². The van der Waals surface area contributed by atoms with Crippen molar-refractivity contribution < 1.29 is 9.53 Å². The molecule has 0 atom stereocenters. The first-order valence-electron chi connectivity index (χ1n) is 4.20. The average Bonchev–Trinajstić information content (AvgIpc) is 2.03. The number of hydrogen-bond donors (Lipinski definition) is 2. The van der Waals surface area contributed by atoms with Crippen LogP contribution in [0.1, 0.15) is 19.3 Å². The minimum absolute atomic E-state index is 0.0853. The number of hydrogen-bond acceptors (Lipinski definition) is 3. The summed E-state index contributed by atoms with van der Waals surface area (Å²) in [6, 6.07) is 0. The summed E-state index contributed by atoms with van der Waals surface area (Å²) in [4.78, 5) is 11.4. The van der Waals surface area contributed by atoms with Crippen LogP contribution in [0.25, 0.3) is 0 Å². The number of rotatable bonds is 7. The SMILES string of the molecule is COCC(=O)NCCCCC(N)=S. The van der Waals surface area contributed by atoms with E-state index >= 15 is 0 Å². The molecule has 4 nitrogen and oxygen atoms in total. The number of nitrogens with one attached hydrogen (secondary N) is 1. The van der Waals surface area contributed by atoms with Crippen molar-refractivity contribution in [3.8, 4) is 0 Å². The Balaban J connectivity index is 3.16. The molecule has 13 heavy (non-hydrogen) atoms. The zero-order valence-electron chi connectivity index (χ0n) is 7.84. The molecule has 0 unspecified atom stereocenters. The van der Waals surface area contributed by atoms with Crippen LogP contribution in [0.15, 0.2) is 0 Å². The molecule has 0 aromatic carbocycles. The molecule has 0 saturated heterocycles. The molecular weight excluding hydrogens is 188 g/mol. The molecule has 0 bridgehead atoms. The number of nitrogens with two attached hydrogens (primary N) is 1. The molecule has 0 aliphatic heterocycles. The van der Waals surface area contributed by atoms with Gasteiger partial charge in [-0.15, -0.1) is 0 Å². The molecule has 0 spiro atoms. The zero-order valence-corrected chi connectivity index (χ0v) is 8.65. The summed E-state index contributed by atoms with van der Waals surface area (Å²) in [5, 5.41) is 2.71. The highest BCUT2D eigenvalue weighted by Gasteiger charge is 1.97. The third kappa shape index (κ3) is 9.23. The van der Waals surface area contributed by atoms with Gasteiger partial charge in [-0.25, -0.2) is 0 Å². The molecule has 0 aliphatic carbocycles. The molecule has 3 N–H and O–H groups in total. The Morgan fingerprint density at radius 2 is 2.23 bits per heavy atom. The number of ether oxygens (including phenoxy) is 1. The van der Waals surface area contributed by atoms with Gasteiger partial charge in [0.25, 0.3) is 0 Å². The van der Waals surface area contributed by atoms with Crippen LogP contribution in [0, 0.1) is 0 Å². The molecule has 0 saturated carbocycles. The van der Waals surface area contributed by atoms with Crippen LogP contribution in [-0.2, 0) is 9.53 Å². The molecule has 0 radical (unpaired) electrons. The van der Waals surface area contributed by atoms with Crippen molar-refractivity contribution in [2.24, 2.45) is 5.73 Å². The standard InChI is InChI=1S/C8H16N2O2S/c1-12-6-8(11)10-5-3-2-4-7(9)13/h2-6H2,1H3,(H2,9,13)(H,10,11). The van der Waals surface area contributed by atoms with E-state index in [4.69, 9.17) is 18.0 Å². The van der Waals surface area contributed by atoms with Crippen molar-refractivity contribution in [2.75, 3.05) is 20.3 Å². The summed E-state index contributed by atoms with van der Waals surface area (Å²) >= 11 is 4.71. The van der Waals surface area contributed by atoms with Gasteiger partial charge < -0.3 is 15.8 Å². The Kier molecular flexibility index (Phi) is 7.53. The lowest BCUT2D eigenvalue weighted by Gasteiger charge is -2.03. The Morgan fingerprint density at radius 1 is 1.54 bits per heavy atom. The lowest BCUT2D eigenvalue weighted by atomic mass is 10.2. The van der Waals surface area contributed by atoms with Gasteiger partial charge in [0, 0.05) is 13.7 Å². The van der Waals surface area contributed by atoms with Crippen molar-refractivity contribution in [1.29, 1.82) is 0 Å². The van der Waals surface area contributed by atoms with E-state index in [9.17, 15) is 4.79 Å². The predicted molar refractivity (Wildman–Crippen MR) is 55.5 cm³/mol. The third-order valence-electron chi connectivity index (χ3n) is 1.45. The van der Waals surface area contributed by atoms with Gasteiger partial charge in [0.05, 0.1) is 4.99 Å². The molecule has 1 amide bonds. The van der Waals surface area contributed by atoms with E-state index in [-0.39, 0.29) is 12.5 Å². The molecule has 0 rings (SSSR count). The van der Waals surface area contributed by atoms with Gasteiger partial charge in [-0.2, -0.15) is 0 Å². The highest BCUT2D eigenvalue weighted by molar-refractivity contribution is 7.80. The first kappa shape index (κ1) is 12.3. The molecule has 5 heteroatoms. The fourth-order valence-electron chi connectivity index (χ4n) is 0.834. The fraction of sp³-hybridized carbons (Fsp3) is 0.750. The van der Waals surface area contributed by atoms with Gasteiger partial charge in [-0.05, 0) is 19.3 Å². The second kappa shape index (κ2) is 7.94. The smallest absolute Gasteiger partial charge is 0.245 e. The minimum Gasteiger partial charge on any atom is -0.393 e. The predicted octanol–water partition coefficient (Wildman–Crippen LogP) is 0.205. The number of amides is 1. The van der Waals surface area contributed by atoms with E-state index < -0.39 is 0 Å². The van der Waals surface area contributed by atoms with E-state index in [0.29, 0.717) is 11.5 Å². The monoisotopic (exact) mass is 204 g/mol. The van der Waals surface area contributed by atoms with Gasteiger partial charge in [-0.3, -0.25) is 4.79 Å². The Labute approximate surface area is 83.8 Å². The average molecular weight is 204 g/mol. The summed E-state index contributed by atoms with van der Waals surface area (Å²) in [7, 11) is 1.49. The van der Waals surface area contributed by atoms with Crippen molar-refractivity contribution in [3.05, 3.63) is 0 Å². The van der Waals surface area contributed by atoms with Gasteiger partial charge in [0.15, 0.2) is 0 Å². The second-order valence-electron chi connectivity index (χ2n) is 2.71. The van der Waals surface area contributed by atoms with Crippen LogP contribution in [0.3, 0.4) is 0 Å². The van der Waals surface area contributed by atoms with E-state index in [1.54, 1.807) is 0 Å². The van der Waals surface area contributed by atoms with E-state index in [2.05, 4.69) is 10.1 Å². The topological polar surface area (TPSA) is 64.3 Å². The minimum atomic E-state index is -0.0853. The molecule has 0 heterocycles. The summed E-state index contributed by atoms with van der Waals surface area (Å²) in [6.07, 6.45) is 2.56. The van der Waals surface area contributed by atoms with E-state index in [1.807, 2.05) is 0 Å². The highest BCUT2D eigenvalue weighted by atomic mass is 32.1. The quantitative estimate of drug-likeness (QED) is 0.459. The van der Waals surface area contributed by atoms with Crippen LogP contribution in [0.2, 0.25) is 0 Å². The molecule has 0 aromatic heterocycles. The van der Waals surface area contributed by atoms with Gasteiger partial charge in [0.2, 0.25) is 5.91 Å². The number of methoxy groups -OCH3 is 1. The van der Waals surface area contributed by atoms with Crippen molar-refractivity contribution in [1.82, 2.24) is 5.32 Å². The zero-order chi connectivity index (χ0) is 10.1. The second-order valence-corrected chi connectivity index (χ2v) is 3.23. The fourth-order valence-corrected chi connectivity index (χ4v) is 0.979. The molecule has 76 valence electrons. The Bertz CT molecular complexity index is 174. The summed E-state index contributed by atoms with van der Waals surface area (Å²) in [5.74, 6) is -0.0853. The van der Waals surface area contributed by atoms with E-state index in [0.717, 1.165) is 19.3 Å². The van der Waals surface area contributed by atoms with Crippen LogP contribution in [-0.4, -0.2) is 31.2 Å². The number of thiocarbonyl (C=S) groups is 1. The number of carbonyl (C=O) groups excluding carboxylic acids is 1. The number of carbonyl (C=O) groups is 1. The van der Waals surface area contributed by atoms with Gasteiger partial charge in [-0.1, -0.05) is 12.2 Å². The lowest BCUT2D eigenvalue weighted by Crippen LogP contribution is -2.28. The van der Waals surface area contributed by atoms with Crippen molar-refractivity contribution in [2.45, 2.75) is 19.3 Å². The number of unbranched alkanes of at least 4 members (excludes halogenated alkanes) is 1. The third-order valence-corrected chi connectivity index (χ3v) is 1.65. The maximum absolute atomic E-state index is 10.9. The van der Waals surface area contributed by atoms with Crippen LogP contribution in [0.5, 0.6) is 0 Å². The van der Waals surface area contributed by atoms with Crippen LogP contribution < -0.4 is 11.1 Å². The summed E-state index contributed by atoms with van der Waals surface area (Å²) in [6.45, 7) is 0.778.